The second-order valence-corrected chi connectivity index (χ2v) is 6.72. The fraction of sp³-hybridized carbons (Fsp3) is 0.625. The molecule has 2 heterocycles. The monoisotopic (exact) mass is 291 g/mol. The van der Waals surface area contributed by atoms with Crippen LogP contribution in [0.1, 0.15) is 40.5 Å². The Kier molecular flexibility index (Phi) is 4.70. The van der Waals surface area contributed by atoms with Crippen LogP contribution in [0, 0.1) is 5.92 Å². The van der Waals surface area contributed by atoms with Gasteiger partial charge < -0.3 is 9.64 Å². The fourth-order valence-corrected chi connectivity index (χ4v) is 2.48. The molecule has 0 bridgehead atoms. The first-order valence-corrected chi connectivity index (χ1v) is 7.54. The van der Waals surface area contributed by atoms with Crippen LogP contribution in [0.25, 0.3) is 0 Å². The molecule has 5 nitrogen and oxygen atoms in total. The van der Waals surface area contributed by atoms with Gasteiger partial charge in [0.05, 0.1) is 11.9 Å². The third-order valence-corrected chi connectivity index (χ3v) is 3.40. The maximum absolute atomic E-state index is 11.7. The first-order valence-electron chi connectivity index (χ1n) is 7.54. The molecule has 2 rings (SSSR count). The van der Waals surface area contributed by atoms with Crippen LogP contribution in [0.4, 0.5) is 16.3 Å². The number of ether oxygens (including phenoxy) is 1. The summed E-state index contributed by atoms with van der Waals surface area (Å²) in [5.74, 6) is 1.23. The lowest BCUT2D eigenvalue weighted by Gasteiger charge is -2.32. The Labute approximate surface area is 126 Å². The molecule has 1 unspecified atom stereocenters. The number of carbonyl (C=O) groups is 1. The van der Waals surface area contributed by atoms with Gasteiger partial charge in [0.1, 0.15) is 11.4 Å². The topological polar surface area (TPSA) is 54.5 Å². The van der Waals surface area contributed by atoms with Gasteiger partial charge >= 0.3 is 6.09 Å². The number of anilines is 2. The van der Waals surface area contributed by atoms with Gasteiger partial charge in [-0.3, -0.25) is 5.32 Å². The van der Waals surface area contributed by atoms with E-state index in [2.05, 4.69) is 22.1 Å². The van der Waals surface area contributed by atoms with Gasteiger partial charge in [0.25, 0.3) is 0 Å². The van der Waals surface area contributed by atoms with Gasteiger partial charge in [-0.2, -0.15) is 0 Å². The highest BCUT2D eigenvalue weighted by Gasteiger charge is 2.18. The molecule has 5 heteroatoms. The minimum Gasteiger partial charge on any atom is -0.444 e. The van der Waals surface area contributed by atoms with E-state index in [-0.39, 0.29) is 0 Å². The van der Waals surface area contributed by atoms with Gasteiger partial charge in [-0.15, -0.1) is 0 Å². The molecule has 21 heavy (non-hydrogen) atoms. The van der Waals surface area contributed by atoms with E-state index in [1.165, 1.54) is 12.8 Å². The number of piperidine rings is 1. The molecule has 0 radical (unpaired) electrons. The van der Waals surface area contributed by atoms with E-state index >= 15 is 0 Å². The summed E-state index contributed by atoms with van der Waals surface area (Å²) in [7, 11) is 0. The van der Waals surface area contributed by atoms with E-state index in [1.54, 1.807) is 0 Å². The van der Waals surface area contributed by atoms with Crippen molar-refractivity contribution in [2.75, 3.05) is 23.3 Å². The Hall–Kier alpha value is -1.78. The predicted molar refractivity (Wildman–Crippen MR) is 84.7 cm³/mol. The minimum atomic E-state index is -0.506. The van der Waals surface area contributed by atoms with Crippen molar-refractivity contribution in [3.8, 4) is 0 Å². The number of aromatic nitrogens is 1. The highest BCUT2D eigenvalue weighted by atomic mass is 16.6. The second-order valence-electron chi connectivity index (χ2n) is 6.72. The van der Waals surface area contributed by atoms with Crippen molar-refractivity contribution in [3.63, 3.8) is 0 Å². The lowest BCUT2D eigenvalue weighted by Crippen LogP contribution is -2.34. The summed E-state index contributed by atoms with van der Waals surface area (Å²) < 4.78 is 5.20. The number of pyridine rings is 1. The van der Waals surface area contributed by atoms with E-state index in [9.17, 15) is 4.79 Å². The number of carbonyl (C=O) groups excluding carboxylic acids is 1. The molecule has 1 atom stereocenters. The molecule has 0 aliphatic carbocycles. The molecule has 1 N–H and O–H groups in total. The van der Waals surface area contributed by atoms with Gasteiger partial charge in [-0.1, -0.05) is 6.92 Å². The van der Waals surface area contributed by atoms with Crippen LogP contribution >= 0.6 is 0 Å². The number of amides is 1. The zero-order valence-electron chi connectivity index (χ0n) is 13.3. The lowest BCUT2D eigenvalue weighted by molar-refractivity contribution is 0.0635. The molecular formula is C16H25N3O2. The van der Waals surface area contributed by atoms with Gasteiger partial charge in [-0.25, -0.2) is 9.78 Å². The smallest absolute Gasteiger partial charge is 0.413 e. The summed E-state index contributed by atoms with van der Waals surface area (Å²) in [6.07, 6.45) is 3.85. The molecule has 1 aromatic rings. The summed E-state index contributed by atoms with van der Waals surface area (Å²) in [6, 6.07) is 3.82. The van der Waals surface area contributed by atoms with Crippen LogP contribution in [0.2, 0.25) is 0 Å². The Morgan fingerprint density at radius 3 is 2.76 bits per heavy atom. The minimum absolute atomic E-state index is 0.477. The van der Waals surface area contributed by atoms with Crippen molar-refractivity contribution >= 4 is 17.6 Å². The molecule has 116 valence electrons. The largest absolute Gasteiger partial charge is 0.444 e. The van der Waals surface area contributed by atoms with Crippen molar-refractivity contribution in [1.29, 1.82) is 0 Å². The second kappa shape index (κ2) is 6.33. The summed E-state index contributed by atoms with van der Waals surface area (Å²) in [6.45, 7) is 9.92. The molecule has 0 spiro atoms. The average molecular weight is 291 g/mol. The zero-order valence-corrected chi connectivity index (χ0v) is 13.3. The molecule has 1 saturated heterocycles. The number of hydrogen-bond donors (Lipinski definition) is 1. The standard InChI is InChI=1S/C16H25N3O2/c1-12-6-5-9-19(11-12)13-7-8-14(17-10-13)18-15(20)21-16(2,3)4/h7-8,10,12H,5-6,9,11H2,1-4H3,(H,17,18,20). The van der Waals surface area contributed by atoms with Crippen LogP contribution in [-0.4, -0.2) is 29.8 Å². The van der Waals surface area contributed by atoms with Gasteiger partial charge in [0.15, 0.2) is 0 Å². The number of nitrogens with zero attached hydrogens (tertiary/aromatic N) is 2. The zero-order chi connectivity index (χ0) is 15.5. The summed E-state index contributed by atoms with van der Waals surface area (Å²) in [5.41, 5.74) is 0.602. The van der Waals surface area contributed by atoms with E-state index in [0.29, 0.717) is 5.82 Å². The Morgan fingerprint density at radius 1 is 1.43 bits per heavy atom. The van der Waals surface area contributed by atoms with E-state index in [0.717, 1.165) is 24.7 Å². The van der Waals surface area contributed by atoms with Crippen LogP contribution in [0.3, 0.4) is 0 Å². The molecule has 1 aromatic heterocycles. The van der Waals surface area contributed by atoms with Gasteiger partial charge in [0.2, 0.25) is 0 Å². The summed E-state index contributed by atoms with van der Waals surface area (Å²) in [5, 5.41) is 2.65. The number of nitrogens with one attached hydrogen (secondary N) is 1. The molecule has 1 aliphatic heterocycles. The normalized spacial score (nSPS) is 19.2. The van der Waals surface area contributed by atoms with Crippen molar-refractivity contribution in [3.05, 3.63) is 18.3 Å². The third-order valence-electron chi connectivity index (χ3n) is 3.40. The Balaban J connectivity index is 1.94. The first-order chi connectivity index (χ1) is 9.83. The number of rotatable bonds is 2. The summed E-state index contributed by atoms with van der Waals surface area (Å²) in [4.78, 5) is 18.3. The molecule has 0 aromatic carbocycles. The van der Waals surface area contributed by atoms with Crippen LogP contribution in [-0.2, 0) is 4.74 Å². The van der Waals surface area contributed by atoms with Gasteiger partial charge in [-0.05, 0) is 51.7 Å². The number of hydrogen-bond acceptors (Lipinski definition) is 4. The molecule has 1 fully saturated rings. The molecule has 0 saturated carbocycles. The maximum Gasteiger partial charge on any atom is 0.413 e. The van der Waals surface area contributed by atoms with Crippen molar-refractivity contribution < 1.29 is 9.53 Å². The Morgan fingerprint density at radius 2 is 2.19 bits per heavy atom. The van der Waals surface area contributed by atoms with E-state index < -0.39 is 11.7 Å². The van der Waals surface area contributed by atoms with Crippen molar-refractivity contribution in [2.45, 2.75) is 46.1 Å². The molecular weight excluding hydrogens is 266 g/mol. The predicted octanol–water partition coefficient (Wildman–Crippen LogP) is 3.66. The third kappa shape index (κ3) is 4.92. The van der Waals surface area contributed by atoms with Gasteiger partial charge in [0, 0.05) is 13.1 Å². The van der Waals surface area contributed by atoms with Crippen molar-refractivity contribution in [1.82, 2.24) is 4.98 Å². The summed E-state index contributed by atoms with van der Waals surface area (Å²) >= 11 is 0. The molecule has 1 amide bonds. The quantitative estimate of drug-likeness (QED) is 0.903. The van der Waals surface area contributed by atoms with Crippen molar-refractivity contribution in [2.24, 2.45) is 5.92 Å². The van der Waals surface area contributed by atoms with E-state index in [1.807, 2.05) is 39.1 Å². The SMILES string of the molecule is CC1CCCN(c2ccc(NC(=O)OC(C)(C)C)nc2)C1. The fourth-order valence-electron chi connectivity index (χ4n) is 2.48. The maximum atomic E-state index is 11.7. The highest BCUT2D eigenvalue weighted by molar-refractivity contribution is 5.83. The molecule has 1 aliphatic rings. The van der Waals surface area contributed by atoms with Crippen LogP contribution in [0.15, 0.2) is 18.3 Å². The van der Waals surface area contributed by atoms with Crippen LogP contribution < -0.4 is 10.2 Å². The highest BCUT2D eigenvalue weighted by Crippen LogP contribution is 2.23. The lowest BCUT2D eigenvalue weighted by atomic mass is 10.00. The van der Waals surface area contributed by atoms with Crippen LogP contribution in [0.5, 0.6) is 0 Å². The average Bonchev–Trinajstić information content (AvgIpc) is 2.37. The Bertz CT molecular complexity index is 479. The van der Waals surface area contributed by atoms with E-state index in [4.69, 9.17) is 4.74 Å². The first kappa shape index (κ1) is 15.6.